The Hall–Kier alpha value is -1.15. The van der Waals surface area contributed by atoms with E-state index in [0.29, 0.717) is 6.54 Å². The largest absolute Gasteiger partial charge is 0.366 e. The molecule has 0 saturated carbocycles. The van der Waals surface area contributed by atoms with Gasteiger partial charge in [0.25, 0.3) is 0 Å². The van der Waals surface area contributed by atoms with E-state index >= 15 is 0 Å². The van der Waals surface area contributed by atoms with Crippen LogP contribution in [0.5, 0.6) is 0 Å². The highest BCUT2D eigenvalue weighted by Gasteiger charge is 2.35. The monoisotopic (exact) mass is 347 g/mol. The van der Waals surface area contributed by atoms with Crippen molar-refractivity contribution >= 4 is 28.3 Å². The number of carbonyl (C=O) groups is 1. The molecule has 22 heavy (non-hydrogen) atoms. The second-order valence-corrected chi connectivity index (χ2v) is 7.32. The summed E-state index contributed by atoms with van der Waals surface area (Å²) >= 11 is 0. The number of benzene rings is 1. The highest BCUT2D eigenvalue weighted by molar-refractivity contribution is 7.89. The molecule has 124 valence electrons. The number of hydrogen-bond donors (Lipinski definition) is 2. The summed E-state index contributed by atoms with van der Waals surface area (Å²) in [7, 11) is -3.60. The number of nitrogens with two attached hydrogens (primary N) is 2. The van der Waals surface area contributed by atoms with Gasteiger partial charge in [-0.25, -0.2) is 8.42 Å². The summed E-state index contributed by atoms with van der Waals surface area (Å²) < 4.78 is 27.0. The van der Waals surface area contributed by atoms with E-state index in [1.54, 1.807) is 0 Å². The van der Waals surface area contributed by atoms with Gasteiger partial charge >= 0.3 is 0 Å². The van der Waals surface area contributed by atoms with Gasteiger partial charge in [-0.15, -0.1) is 12.4 Å². The fraction of sp³-hybridized carbons (Fsp3) is 0.500. The van der Waals surface area contributed by atoms with Crippen molar-refractivity contribution in [2.45, 2.75) is 43.2 Å². The van der Waals surface area contributed by atoms with Gasteiger partial charge in [0.2, 0.25) is 15.9 Å². The van der Waals surface area contributed by atoms with Gasteiger partial charge in [-0.3, -0.25) is 4.79 Å². The van der Waals surface area contributed by atoms with Crippen molar-refractivity contribution in [1.82, 2.24) is 4.31 Å². The fourth-order valence-corrected chi connectivity index (χ4v) is 4.46. The molecule has 1 aliphatic heterocycles. The number of hydrogen-bond acceptors (Lipinski definition) is 4. The van der Waals surface area contributed by atoms with E-state index in [9.17, 15) is 13.2 Å². The average Bonchev–Trinajstić information content (AvgIpc) is 2.47. The standard InChI is InChI=1S/C14H21N3O3S.ClH/c1-10(15)13-4-2-3-9-17(13)21(19,20)12-7-5-11(6-8-12)14(16)18;/h5-8,10,13H,2-4,9,15H2,1H3,(H2,16,18);1H. The zero-order chi connectivity index (χ0) is 15.6. The van der Waals surface area contributed by atoms with Crippen LogP contribution in [0.4, 0.5) is 0 Å². The molecular weight excluding hydrogens is 326 g/mol. The van der Waals surface area contributed by atoms with Crippen LogP contribution < -0.4 is 11.5 Å². The molecule has 0 bridgehead atoms. The van der Waals surface area contributed by atoms with Crippen molar-refractivity contribution in [1.29, 1.82) is 0 Å². The minimum Gasteiger partial charge on any atom is -0.366 e. The Morgan fingerprint density at radius 2 is 1.86 bits per heavy atom. The molecule has 6 nitrogen and oxygen atoms in total. The SMILES string of the molecule is CC(N)C1CCCCN1S(=O)(=O)c1ccc(C(N)=O)cc1.Cl. The molecule has 1 aromatic rings. The van der Waals surface area contributed by atoms with Crippen LogP contribution >= 0.6 is 12.4 Å². The number of nitrogens with zero attached hydrogens (tertiary/aromatic N) is 1. The van der Waals surface area contributed by atoms with Crippen molar-refractivity contribution in [3.05, 3.63) is 29.8 Å². The Balaban J connectivity index is 0.00000242. The summed E-state index contributed by atoms with van der Waals surface area (Å²) in [6.07, 6.45) is 2.59. The van der Waals surface area contributed by atoms with Crippen molar-refractivity contribution in [3.8, 4) is 0 Å². The Kier molecular flexibility index (Phi) is 6.37. The molecule has 0 radical (unpaired) electrons. The van der Waals surface area contributed by atoms with E-state index in [1.165, 1.54) is 28.6 Å². The van der Waals surface area contributed by atoms with Gasteiger partial charge in [-0.1, -0.05) is 6.42 Å². The zero-order valence-electron chi connectivity index (χ0n) is 12.4. The number of rotatable bonds is 4. The molecule has 0 aliphatic carbocycles. The van der Waals surface area contributed by atoms with Crippen LogP contribution in [0.3, 0.4) is 0 Å². The molecule has 0 aromatic heterocycles. The third-order valence-electron chi connectivity index (χ3n) is 3.85. The van der Waals surface area contributed by atoms with Gasteiger partial charge in [0.15, 0.2) is 0 Å². The first-order chi connectivity index (χ1) is 9.84. The van der Waals surface area contributed by atoms with Gasteiger partial charge in [0.1, 0.15) is 0 Å². The first-order valence-electron chi connectivity index (χ1n) is 7.01. The van der Waals surface area contributed by atoms with E-state index in [4.69, 9.17) is 11.5 Å². The van der Waals surface area contributed by atoms with Crippen molar-refractivity contribution < 1.29 is 13.2 Å². The van der Waals surface area contributed by atoms with Crippen LogP contribution in [0.1, 0.15) is 36.5 Å². The molecule has 1 heterocycles. The molecule has 0 spiro atoms. The molecule has 2 atom stereocenters. The molecule has 1 amide bonds. The fourth-order valence-electron chi connectivity index (χ4n) is 2.68. The highest BCUT2D eigenvalue weighted by Crippen LogP contribution is 2.26. The third-order valence-corrected chi connectivity index (χ3v) is 5.79. The number of amides is 1. The molecule has 1 aromatic carbocycles. The molecule has 1 fully saturated rings. The molecular formula is C14H22ClN3O3S. The predicted molar refractivity (Wildman–Crippen MR) is 87.4 cm³/mol. The lowest BCUT2D eigenvalue weighted by molar-refractivity contribution is 0.1000. The second-order valence-electron chi connectivity index (χ2n) is 5.43. The minimum absolute atomic E-state index is 0. The minimum atomic E-state index is -3.60. The number of sulfonamides is 1. The van der Waals surface area contributed by atoms with Crippen molar-refractivity contribution in [3.63, 3.8) is 0 Å². The smallest absolute Gasteiger partial charge is 0.248 e. The summed E-state index contributed by atoms with van der Waals surface area (Å²) in [5, 5.41) is 0. The predicted octanol–water partition coefficient (Wildman–Crippen LogP) is 1.10. The van der Waals surface area contributed by atoms with Gasteiger partial charge in [0, 0.05) is 24.2 Å². The number of halogens is 1. The molecule has 2 rings (SSSR count). The zero-order valence-corrected chi connectivity index (χ0v) is 14.1. The summed E-state index contributed by atoms with van der Waals surface area (Å²) in [5.41, 5.74) is 11.4. The van der Waals surface area contributed by atoms with Crippen LogP contribution in [0.15, 0.2) is 29.2 Å². The maximum atomic E-state index is 12.7. The molecule has 8 heteroatoms. The van der Waals surface area contributed by atoms with Crippen molar-refractivity contribution in [2.75, 3.05) is 6.54 Å². The maximum absolute atomic E-state index is 12.7. The van der Waals surface area contributed by atoms with E-state index < -0.39 is 15.9 Å². The van der Waals surface area contributed by atoms with Crippen molar-refractivity contribution in [2.24, 2.45) is 11.5 Å². The lowest BCUT2D eigenvalue weighted by Gasteiger charge is -2.36. The quantitative estimate of drug-likeness (QED) is 0.850. The molecule has 1 aliphatic rings. The van der Waals surface area contributed by atoms with E-state index in [2.05, 4.69) is 0 Å². The Labute approximate surface area is 137 Å². The number of primary amides is 1. The van der Waals surface area contributed by atoms with E-state index in [-0.39, 0.29) is 34.9 Å². The first kappa shape index (κ1) is 18.9. The van der Waals surface area contributed by atoms with Crippen LogP contribution in [0, 0.1) is 0 Å². The normalized spacial score (nSPS) is 20.9. The Morgan fingerprint density at radius 3 is 2.36 bits per heavy atom. The Morgan fingerprint density at radius 1 is 1.27 bits per heavy atom. The Bertz CT molecular complexity index is 617. The van der Waals surface area contributed by atoms with Crippen LogP contribution in [-0.4, -0.2) is 37.3 Å². The molecule has 4 N–H and O–H groups in total. The average molecular weight is 348 g/mol. The second kappa shape index (κ2) is 7.41. The van der Waals surface area contributed by atoms with Crippen LogP contribution in [0.25, 0.3) is 0 Å². The summed E-state index contributed by atoms with van der Waals surface area (Å²) in [6, 6.07) is 5.30. The van der Waals surface area contributed by atoms with Gasteiger partial charge in [-0.2, -0.15) is 4.31 Å². The number of carbonyl (C=O) groups excluding carboxylic acids is 1. The van der Waals surface area contributed by atoms with Gasteiger partial charge < -0.3 is 11.5 Å². The summed E-state index contributed by atoms with van der Waals surface area (Å²) in [5.74, 6) is -0.578. The van der Waals surface area contributed by atoms with E-state index in [0.717, 1.165) is 19.3 Å². The molecule has 2 unspecified atom stereocenters. The van der Waals surface area contributed by atoms with E-state index in [1.807, 2.05) is 6.92 Å². The van der Waals surface area contributed by atoms with Crippen LogP contribution in [0.2, 0.25) is 0 Å². The third kappa shape index (κ3) is 3.78. The lowest BCUT2D eigenvalue weighted by Crippen LogP contribution is -2.51. The highest BCUT2D eigenvalue weighted by atomic mass is 35.5. The summed E-state index contributed by atoms with van der Waals surface area (Å²) in [6.45, 7) is 2.31. The summed E-state index contributed by atoms with van der Waals surface area (Å²) in [4.78, 5) is 11.2. The van der Waals surface area contributed by atoms with Gasteiger partial charge in [0.05, 0.1) is 4.90 Å². The maximum Gasteiger partial charge on any atom is 0.248 e. The first-order valence-corrected chi connectivity index (χ1v) is 8.45. The number of piperidine rings is 1. The van der Waals surface area contributed by atoms with Crippen LogP contribution in [-0.2, 0) is 10.0 Å². The molecule has 1 saturated heterocycles. The lowest BCUT2D eigenvalue weighted by atomic mass is 10.00. The van der Waals surface area contributed by atoms with Gasteiger partial charge in [-0.05, 0) is 44.0 Å². The topological polar surface area (TPSA) is 106 Å².